The predicted octanol–water partition coefficient (Wildman–Crippen LogP) is 5.23. The molecule has 1 aromatic heterocycles. The third-order valence-corrected chi connectivity index (χ3v) is 9.44. The Labute approximate surface area is 216 Å². The SMILES string of the molecule is CCN(CC(=O)N1CCc2sccc2C1COc1ccc(C)cc1C)S(=O)(=O)c1ccc(Cl)cc1. The zero-order chi connectivity index (χ0) is 25.2. The fourth-order valence-corrected chi connectivity index (χ4v) is 6.82. The zero-order valence-electron chi connectivity index (χ0n) is 20.0. The Morgan fingerprint density at radius 3 is 2.60 bits per heavy atom. The number of aryl methyl sites for hydroxylation is 2. The Morgan fingerprint density at radius 2 is 1.91 bits per heavy atom. The molecular formula is C26H29ClN2O4S2. The number of carbonyl (C=O) groups is 1. The summed E-state index contributed by atoms with van der Waals surface area (Å²) in [5, 5.41) is 2.49. The first-order valence-electron chi connectivity index (χ1n) is 11.5. The van der Waals surface area contributed by atoms with E-state index in [9.17, 15) is 13.2 Å². The lowest BCUT2D eigenvalue weighted by Crippen LogP contribution is -2.47. The van der Waals surface area contributed by atoms with E-state index in [0.717, 1.165) is 28.9 Å². The van der Waals surface area contributed by atoms with Gasteiger partial charge in [-0.2, -0.15) is 4.31 Å². The van der Waals surface area contributed by atoms with Gasteiger partial charge in [0.2, 0.25) is 15.9 Å². The van der Waals surface area contributed by atoms with Gasteiger partial charge in [0.15, 0.2) is 0 Å². The number of hydrogen-bond donors (Lipinski definition) is 0. The number of fused-ring (bicyclic) bond motifs is 1. The van der Waals surface area contributed by atoms with Gasteiger partial charge in [0, 0.05) is 23.0 Å². The Balaban J connectivity index is 1.55. The average molecular weight is 533 g/mol. The maximum absolute atomic E-state index is 13.5. The fraction of sp³-hybridized carbons (Fsp3) is 0.346. The number of rotatable bonds is 8. The smallest absolute Gasteiger partial charge is 0.243 e. The Kier molecular flexibility index (Phi) is 7.86. The van der Waals surface area contributed by atoms with Crippen LogP contribution < -0.4 is 4.74 Å². The van der Waals surface area contributed by atoms with Gasteiger partial charge in [-0.25, -0.2) is 8.42 Å². The lowest BCUT2D eigenvalue weighted by atomic mass is 10.0. The van der Waals surface area contributed by atoms with Crippen LogP contribution in [0.1, 0.15) is 34.5 Å². The van der Waals surface area contributed by atoms with Crippen molar-refractivity contribution in [1.82, 2.24) is 9.21 Å². The van der Waals surface area contributed by atoms with Crippen molar-refractivity contribution in [3.8, 4) is 5.75 Å². The molecule has 0 aliphatic carbocycles. The molecule has 35 heavy (non-hydrogen) atoms. The topological polar surface area (TPSA) is 66.9 Å². The van der Waals surface area contributed by atoms with Crippen LogP contribution in [-0.4, -0.2) is 49.8 Å². The van der Waals surface area contributed by atoms with Crippen molar-refractivity contribution in [1.29, 1.82) is 0 Å². The molecule has 4 rings (SSSR count). The predicted molar refractivity (Wildman–Crippen MR) is 140 cm³/mol. The van der Waals surface area contributed by atoms with Gasteiger partial charge >= 0.3 is 0 Å². The molecule has 1 unspecified atom stereocenters. The molecule has 0 spiro atoms. The summed E-state index contributed by atoms with van der Waals surface area (Å²) in [4.78, 5) is 16.6. The van der Waals surface area contributed by atoms with Crippen molar-refractivity contribution in [2.45, 2.75) is 38.1 Å². The number of likely N-dealkylation sites (N-methyl/N-ethyl adjacent to an activating group) is 1. The van der Waals surface area contributed by atoms with Crippen LogP contribution in [0.5, 0.6) is 5.75 Å². The highest BCUT2D eigenvalue weighted by Gasteiger charge is 2.35. The summed E-state index contributed by atoms with van der Waals surface area (Å²) in [5.74, 6) is 0.543. The Hall–Kier alpha value is -2.39. The molecular weight excluding hydrogens is 504 g/mol. The number of halogens is 1. The van der Waals surface area contributed by atoms with E-state index in [4.69, 9.17) is 16.3 Å². The highest BCUT2D eigenvalue weighted by Crippen LogP contribution is 2.34. The number of amides is 1. The van der Waals surface area contributed by atoms with Gasteiger partial charge < -0.3 is 9.64 Å². The molecule has 0 fully saturated rings. The van der Waals surface area contributed by atoms with Crippen molar-refractivity contribution in [3.63, 3.8) is 0 Å². The lowest BCUT2D eigenvalue weighted by molar-refractivity contribution is -0.135. The van der Waals surface area contributed by atoms with E-state index in [0.29, 0.717) is 18.2 Å². The number of sulfonamides is 1. The van der Waals surface area contributed by atoms with Gasteiger partial charge in [-0.1, -0.05) is 36.2 Å². The molecule has 1 aliphatic heterocycles. The standard InChI is InChI=1S/C26H29ClN2O4S2/c1-4-28(35(31,32)21-8-6-20(27)7-9-21)16-26(30)29-13-11-25-22(12-14-34-25)23(29)17-33-24-10-5-18(2)15-19(24)3/h5-10,12,14-15,23H,4,11,13,16-17H2,1-3H3. The van der Waals surface area contributed by atoms with Gasteiger partial charge in [0.05, 0.1) is 17.5 Å². The molecule has 1 aliphatic rings. The molecule has 3 aromatic rings. The summed E-state index contributed by atoms with van der Waals surface area (Å²) in [6, 6.07) is 13.8. The molecule has 0 radical (unpaired) electrons. The molecule has 2 aromatic carbocycles. The molecule has 0 bridgehead atoms. The summed E-state index contributed by atoms with van der Waals surface area (Å²) in [7, 11) is -3.84. The van der Waals surface area contributed by atoms with Gasteiger partial charge in [0.25, 0.3) is 0 Å². The summed E-state index contributed by atoms with van der Waals surface area (Å²) >= 11 is 7.60. The molecule has 9 heteroatoms. The van der Waals surface area contributed by atoms with Crippen molar-refractivity contribution in [3.05, 3.63) is 80.5 Å². The van der Waals surface area contributed by atoms with Gasteiger partial charge in [0.1, 0.15) is 12.4 Å². The van der Waals surface area contributed by atoms with E-state index >= 15 is 0 Å². The van der Waals surface area contributed by atoms with Gasteiger partial charge in [-0.05, 0) is 73.2 Å². The van der Waals surface area contributed by atoms with E-state index in [1.807, 2.05) is 37.4 Å². The van der Waals surface area contributed by atoms with E-state index in [2.05, 4.69) is 6.07 Å². The van der Waals surface area contributed by atoms with Crippen LogP contribution >= 0.6 is 22.9 Å². The minimum atomic E-state index is -3.84. The van der Waals surface area contributed by atoms with E-state index in [1.165, 1.54) is 33.4 Å². The maximum Gasteiger partial charge on any atom is 0.243 e. The first-order valence-corrected chi connectivity index (χ1v) is 14.2. The van der Waals surface area contributed by atoms with E-state index in [-0.39, 0.29) is 29.9 Å². The number of hydrogen-bond acceptors (Lipinski definition) is 5. The molecule has 1 atom stereocenters. The summed E-state index contributed by atoms with van der Waals surface area (Å²) in [6.07, 6.45) is 0.745. The number of ether oxygens (including phenoxy) is 1. The number of benzene rings is 2. The second-order valence-corrected chi connectivity index (χ2v) is 12.0. The van der Waals surface area contributed by atoms with Crippen LogP contribution in [0.25, 0.3) is 0 Å². The van der Waals surface area contributed by atoms with Crippen molar-refractivity contribution in [2.75, 3.05) is 26.2 Å². The minimum Gasteiger partial charge on any atom is -0.491 e. The summed E-state index contributed by atoms with van der Waals surface area (Å²) < 4.78 is 33.8. The van der Waals surface area contributed by atoms with Gasteiger partial charge in [-0.15, -0.1) is 11.3 Å². The molecule has 186 valence electrons. The number of carbonyl (C=O) groups excluding carboxylic acids is 1. The second kappa shape index (κ2) is 10.7. The molecule has 0 saturated carbocycles. The molecule has 1 amide bonds. The van der Waals surface area contributed by atoms with Crippen LogP contribution in [0.2, 0.25) is 5.02 Å². The van der Waals surface area contributed by atoms with Crippen LogP contribution in [0.4, 0.5) is 0 Å². The first-order chi connectivity index (χ1) is 16.7. The quantitative estimate of drug-likeness (QED) is 0.398. The Morgan fingerprint density at radius 1 is 1.17 bits per heavy atom. The third kappa shape index (κ3) is 5.56. The minimum absolute atomic E-state index is 0.116. The largest absolute Gasteiger partial charge is 0.491 e. The molecule has 0 saturated heterocycles. The van der Waals surface area contributed by atoms with Crippen LogP contribution in [0.15, 0.2) is 58.8 Å². The number of nitrogens with zero attached hydrogens (tertiary/aromatic N) is 2. The highest BCUT2D eigenvalue weighted by molar-refractivity contribution is 7.89. The Bertz CT molecular complexity index is 1310. The first kappa shape index (κ1) is 25.7. The van der Waals surface area contributed by atoms with E-state index < -0.39 is 10.0 Å². The number of thiophene rings is 1. The molecule has 0 N–H and O–H groups in total. The lowest BCUT2D eigenvalue weighted by Gasteiger charge is -2.37. The van der Waals surface area contributed by atoms with Crippen LogP contribution in [0, 0.1) is 13.8 Å². The van der Waals surface area contributed by atoms with Gasteiger partial charge in [-0.3, -0.25) is 4.79 Å². The summed E-state index contributed by atoms with van der Waals surface area (Å²) in [5.41, 5.74) is 3.27. The fourth-order valence-electron chi connectivity index (χ4n) is 4.37. The van der Waals surface area contributed by atoms with E-state index in [1.54, 1.807) is 23.2 Å². The van der Waals surface area contributed by atoms with Crippen molar-refractivity contribution in [2.24, 2.45) is 0 Å². The highest BCUT2D eigenvalue weighted by atomic mass is 35.5. The van der Waals surface area contributed by atoms with Crippen molar-refractivity contribution >= 4 is 38.9 Å². The normalized spacial score (nSPS) is 15.8. The zero-order valence-corrected chi connectivity index (χ0v) is 22.4. The van der Waals surface area contributed by atoms with Crippen LogP contribution in [-0.2, 0) is 21.2 Å². The third-order valence-electron chi connectivity index (χ3n) is 6.26. The molecule has 2 heterocycles. The second-order valence-electron chi connectivity index (χ2n) is 8.62. The monoisotopic (exact) mass is 532 g/mol. The summed E-state index contributed by atoms with van der Waals surface area (Å²) in [6.45, 7) is 6.53. The van der Waals surface area contributed by atoms with Crippen LogP contribution in [0.3, 0.4) is 0 Å². The molecule has 6 nitrogen and oxygen atoms in total. The van der Waals surface area contributed by atoms with Crippen molar-refractivity contribution < 1.29 is 17.9 Å². The maximum atomic E-state index is 13.5. The average Bonchev–Trinajstić information content (AvgIpc) is 3.31.